The fourth-order valence-corrected chi connectivity index (χ4v) is 2.98. The minimum Gasteiger partial charge on any atom is -0.480 e. The molecule has 114 valence electrons. The van der Waals surface area contributed by atoms with Crippen LogP contribution in [-0.4, -0.2) is 39.0 Å². The molecule has 0 saturated carbocycles. The molecule has 1 aromatic heterocycles. The molecule has 2 N–H and O–H groups in total. The highest BCUT2D eigenvalue weighted by molar-refractivity contribution is 5.99. The van der Waals surface area contributed by atoms with Crippen molar-refractivity contribution >= 4 is 22.6 Å². The lowest BCUT2D eigenvalue weighted by Gasteiger charge is -2.31. The van der Waals surface area contributed by atoms with Gasteiger partial charge in [0.05, 0.1) is 0 Å². The van der Waals surface area contributed by atoms with E-state index in [9.17, 15) is 19.5 Å². The molecule has 1 unspecified atom stereocenters. The number of aromatic amines is 1. The quantitative estimate of drug-likeness (QED) is 0.881. The molecule has 0 radical (unpaired) electrons. The van der Waals surface area contributed by atoms with Gasteiger partial charge in [0, 0.05) is 11.9 Å². The van der Waals surface area contributed by atoms with Crippen LogP contribution >= 0.6 is 0 Å². The third kappa shape index (κ3) is 2.07. The van der Waals surface area contributed by atoms with E-state index >= 15 is 0 Å². The molecule has 6 heteroatoms. The number of amides is 1. The number of hydrogen-bond acceptors (Lipinski definition) is 3. The third-order valence-corrected chi connectivity index (χ3v) is 4.33. The van der Waals surface area contributed by atoms with Crippen LogP contribution in [0.1, 0.15) is 30.3 Å². The van der Waals surface area contributed by atoms with E-state index in [2.05, 4.69) is 4.98 Å². The molecule has 1 atom stereocenters. The number of rotatable bonds is 2. The van der Waals surface area contributed by atoms with Crippen LogP contribution in [0.4, 0.5) is 0 Å². The van der Waals surface area contributed by atoms with Gasteiger partial charge >= 0.3 is 5.97 Å². The SMILES string of the molecule is CC1(C(=O)O)CCCN1C(=O)c1cc2ccccc2c(=O)[nH]1. The number of carboxylic acids is 1. The molecule has 6 nitrogen and oxygen atoms in total. The van der Waals surface area contributed by atoms with Gasteiger partial charge in [-0.25, -0.2) is 4.79 Å². The summed E-state index contributed by atoms with van der Waals surface area (Å²) < 4.78 is 0. The highest BCUT2D eigenvalue weighted by atomic mass is 16.4. The molecule has 1 aliphatic rings. The highest BCUT2D eigenvalue weighted by Gasteiger charge is 2.46. The fourth-order valence-electron chi connectivity index (χ4n) is 2.98. The maximum atomic E-state index is 12.7. The molecule has 2 aromatic rings. The molecule has 3 rings (SSSR count). The van der Waals surface area contributed by atoms with Crippen LogP contribution in [-0.2, 0) is 4.79 Å². The van der Waals surface area contributed by atoms with Gasteiger partial charge in [-0.2, -0.15) is 0 Å². The molecule has 0 aliphatic carbocycles. The summed E-state index contributed by atoms with van der Waals surface area (Å²) in [5.41, 5.74) is -1.45. The molecule has 22 heavy (non-hydrogen) atoms. The van der Waals surface area contributed by atoms with Gasteiger partial charge in [0.2, 0.25) is 0 Å². The number of H-pyrrole nitrogens is 1. The summed E-state index contributed by atoms with van der Waals surface area (Å²) in [5.74, 6) is -1.48. The van der Waals surface area contributed by atoms with Crippen LogP contribution in [0.15, 0.2) is 35.1 Å². The van der Waals surface area contributed by atoms with Gasteiger partial charge in [0.25, 0.3) is 11.5 Å². The molecule has 1 aliphatic heterocycles. The molecule has 1 saturated heterocycles. The van der Waals surface area contributed by atoms with Crippen LogP contribution < -0.4 is 5.56 Å². The number of carbonyl (C=O) groups is 2. The lowest BCUT2D eigenvalue weighted by Crippen LogP contribution is -2.51. The normalized spacial score (nSPS) is 21.2. The second-order valence-corrected chi connectivity index (χ2v) is 5.74. The molecular weight excluding hydrogens is 284 g/mol. The zero-order valence-electron chi connectivity index (χ0n) is 12.1. The van der Waals surface area contributed by atoms with Crippen molar-refractivity contribution in [3.05, 3.63) is 46.4 Å². The Morgan fingerprint density at radius 2 is 2.05 bits per heavy atom. The first-order valence-electron chi connectivity index (χ1n) is 7.11. The van der Waals surface area contributed by atoms with E-state index in [4.69, 9.17) is 0 Å². The van der Waals surface area contributed by atoms with E-state index in [0.29, 0.717) is 30.2 Å². The van der Waals surface area contributed by atoms with Crippen molar-refractivity contribution < 1.29 is 14.7 Å². The number of benzene rings is 1. The Balaban J connectivity index is 2.06. The minimum absolute atomic E-state index is 0.123. The van der Waals surface area contributed by atoms with Gasteiger partial charge < -0.3 is 15.0 Å². The Bertz CT molecular complexity index is 826. The van der Waals surface area contributed by atoms with E-state index in [1.54, 1.807) is 37.3 Å². The minimum atomic E-state index is -1.22. The molecule has 1 amide bonds. The Kier molecular flexibility index (Phi) is 3.24. The molecule has 1 fully saturated rings. The number of hydrogen-bond donors (Lipinski definition) is 2. The van der Waals surface area contributed by atoms with Crippen LogP contribution in [0.2, 0.25) is 0 Å². The second kappa shape index (κ2) is 4.98. The van der Waals surface area contributed by atoms with Gasteiger partial charge in [-0.05, 0) is 37.3 Å². The average Bonchev–Trinajstić information content (AvgIpc) is 2.90. The van der Waals surface area contributed by atoms with Crippen molar-refractivity contribution in [3.8, 4) is 0 Å². The fraction of sp³-hybridized carbons (Fsp3) is 0.312. The standard InChI is InChI=1S/C16H16N2O4/c1-16(15(21)22)7-4-8-18(16)14(20)12-9-10-5-2-3-6-11(10)13(19)17-12/h2-3,5-6,9H,4,7-8H2,1H3,(H,17,19)(H,21,22). The molecule has 0 spiro atoms. The van der Waals surface area contributed by atoms with Crippen LogP contribution in [0, 0.1) is 0 Å². The van der Waals surface area contributed by atoms with Gasteiger partial charge in [-0.1, -0.05) is 18.2 Å². The smallest absolute Gasteiger partial charge is 0.329 e. The number of likely N-dealkylation sites (tertiary alicyclic amines) is 1. The molecule has 1 aromatic carbocycles. The lowest BCUT2D eigenvalue weighted by molar-refractivity contribution is -0.147. The Labute approximate surface area is 126 Å². The van der Waals surface area contributed by atoms with Gasteiger partial charge in [0.1, 0.15) is 11.2 Å². The van der Waals surface area contributed by atoms with E-state index in [0.717, 1.165) is 0 Å². The molecule has 0 bridgehead atoms. The van der Waals surface area contributed by atoms with Crippen LogP contribution in [0.3, 0.4) is 0 Å². The summed E-state index contributed by atoms with van der Waals surface area (Å²) in [5, 5.41) is 10.6. The Hall–Kier alpha value is -2.63. The monoisotopic (exact) mass is 300 g/mol. The number of aliphatic carboxylic acids is 1. The number of pyridine rings is 1. The second-order valence-electron chi connectivity index (χ2n) is 5.74. The van der Waals surface area contributed by atoms with Crippen molar-refractivity contribution in [1.29, 1.82) is 0 Å². The van der Waals surface area contributed by atoms with Crippen molar-refractivity contribution in [2.45, 2.75) is 25.3 Å². The molecule has 2 heterocycles. The first-order chi connectivity index (χ1) is 10.4. The maximum absolute atomic E-state index is 12.7. The summed E-state index contributed by atoms with van der Waals surface area (Å²) >= 11 is 0. The number of carboxylic acid groups (broad SMARTS) is 1. The number of fused-ring (bicyclic) bond motifs is 1. The first kappa shape index (κ1) is 14.3. The number of nitrogens with one attached hydrogen (secondary N) is 1. The van der Waals surface area contributed by atoms with Crippen molar-refractivity contribution in [1.82, 2.24) is 9.88 Å². The predicted octanol–water partition coefficient (Wildman–Crippen LogP) is 1.61. The summed E-state index contributed by atoms with van der Waals surface area (Å²) in [6.07, 6.45) is 1.04. The third-order valence-electron chi connectivity index (χ3n) is 4.33. The Morgan fingerprint density at radius 1 is 1.32 bits per heavy atom. The van der Waals surface area contributed by atoms with Gasteiger partial charge in [-0.15, -0.1) is 0 Å². The zero-order valence-corrected chi connectivity index (χ0v) is 12.1. The van der Waals surface area contributed by atoms with Crippen molar-refractivity contribution in [2.75, 3.05) is 6.54 Å². The Morgan fingerprint density at radius 3 is 2.77 bits per heavy atom. The van der Waals surface area contributed by atoms with Crippen molar-refractivity contribution in [2.24, 2.45) is 0 Å². The summed E-state index contributed by atoms with van der Waals surface area (Å²) in [6.45, 7) is 1.91. The van der Waals surface area contributed by atoms with Crippen molar-refractivity contribution in [3.63, 3.8) is 0 Å². The number of aromatic nitrogens is 1. The van der Waals surface area contributed by atoms with Crippen LogP contribution in [0.5, 0.6) is 0 Å². The zero-order chi connectivity index (χ0) is 15.9. The van der Waals surface area contributed by atoms with Crippen LogP contribution in [0.25, 0.3) is 10.8 Å². The molecular formula is C16H16N2O4. The van der Waals surface area contributed by atoms with Gasteiger partial charge in [0.15, 0.2) is 0 Å². The average molecular weight is 300 g/mol. The largest absolute Gasteiger partial charge is 0.480 e. The predicted molar refractivity (Wildman–Crippen MR) is 80.9 cm³/mol. The number of carbonyl (C=O) groups excluding carboxylic acids is 1. The first-order valence-corrected chi connectivity index (χ1v) is 7.11. The summed E-state index contributed by atoms with van der Waals surface area (Å²) in [4.78, 5) is 40.1. The van der Waals surface area contributed by atoms with E-state index in [-0.39, 0.29) is 11.3 Å². The topological polar surface area (TPSA) is 90.5 Å². The van der Waals surface area contributed by atoms with Gasteiger partial charge in [-0.3, -0.25) is 9.59 Å². The highest BCUT2D eigenvalue weighted by Crippen LogP contribution is 2.30. The van der Waals surface area contributed by atoms with E-state index in [1.165, 1.54) is 4.90 Å². The summed E-state index contributed by atoms with van der Waals surface area (Å²) in [7, 11) is 0. The lowest BCUT2D eigenvalue weighted by atomic mass is 9.99. The maximum Gasteiger partial charge on any atom is 0.329 e. The van der Waals surface area contributed by atoms with E-state index < -0.39 is 17.4 Å². The number of nitrogens with zero attached hydrogens (tertiary/aromatic N) is 1. The van der Waals surface area contributed by atoms with E-state index in [1.807, 2.05) is 0 Å². The summed E-state index contributed by atoms with van der Waals surface area (Å²) in [6, 6.07) is 8.56.